The Kier molecular flexibility index (Phi) is 5.21. The lowest BCUT2D eigenvalue weighted by molar-refractivity contribution is -0.112. The maximum atomic E-state index is 10.9. The predicted octanol–water partition coefficient (Wildman–Crippen LogP) is 3.63. The minimum absolute atomic E-state index is 0.0686. The third-order valence-corrected chi connectivity index (χ3v) is 2.41. The number of benzene rings is 1. The highest BCUT2D eigenvalue weighted by atomic mass is 16.5. The van der Waals surface area contributed by atoms with Crippen LogP contribution >= 0.6 is 0 Å². The molecule has 0 aliphatic rings. The van der Waals surface area contributed by atoms with Gasteiger partial charge in [0.15, 0.2) is 5.78 Å². The van der Waals surface area contributed by atoms with Gasteiger partial charge >= 0.3 is 0 Å². The molecule has 0 atom stereocenters. The van der Waals surface area contributed by atoms with Crippen molar-refractivity contribution in [2.45, 2.75) is 20.3 Å². The highest BCUT2D eigenvalue weighted by Gasteiger charge is 1.94. The first-order valence-corrected chi connectivity index (χ1v) is 5.69. The van der Waals surface area contributed by atoms with Crippen molar-refractivity contribution in [1.29, 1.82) is 0 Å². The monoisotopic (exact) mass is 230 g/mol. The summed E-state index contributed by atoms with van der Waals surface area (Å²) < 4.78 is 5.10. The van der Waals surface area contributed by atoms with Gasteiger partial charge in [0.25, 0.3) is 0 Å². The summed E-state index contributed by atoms with van der Waals surface area (Å²) in [5.41, 5.74) is 2.24. The lowest BCUT2D eigenvalue weighted by atomic mass is 10.1. The topological polar surface area (TPSA) is 26.3 Å². The van der Waals surface area contributed by atoms with Crippen LogP contribution in [0.2, 0.25) is 0 Å². The number of hydrogen-bond donors (Lipinski definition) is 0. The van der Waals surface area contributed by atoms with E-state index >= 15 is 0 Å². The van der Waals surface area contributed by atoms with Crippen LogP contribution in [0.1, 0.15) is 25.8 Å². The van der Waals surface area contributed by atoms with Crippen LogP contribution in [0.4, 0.5) is 0 Å². The summed E-state index contributed by atoms with van der Waals surface area (Å²) in [5, 5.41) is 0. The number of hydrogen-bond acceptors (Lipinski definition) is 2. The maximum absolute atomic E-state index is 10.9. The summed E-state index contributed by atoms with van der Waals surface area (Å²) in [6.45, 7) is 3.62. The molecular formula is C15H18O2. The second-order valence-corrected chi connectivity index (χ2v) is 3.79. The first-order chi connectivity index (χ1) is 8.15. The summed E-state index contributed by atoms with van der Waals surface area (Å²) in [6, 6.07) is 7.84. The normalized spacial score (nSPS) is 11.8. The van der Waals surface area contributed by atoms with Gasteiger partial charge in [-0.1, -0.05) is 31.2 Å². The second-order valence-electron chi connectivity index (χ2n) is 3.79. The molecule has 0 amide bonds. The standard InChI is InChI=1S/C15H18O2/c1-4-13(6-5-12(2)16)11-14-7-9-15(17-3)10-8-14/h5-11H,4H2,1-3H3/b6-5+,13-11+. The number of ketones is 1. The van der Waals surface area contributed by atoms with Gasteiger partial charge in [-0.15, -0.1) is 0 Å². The highest BCUT2D eigenvalue weighted by Crippen LogP contribution is 2.15. The van der Waals surface area contributed by atoms with Gasteiger partial charge in [0.1, 0.15) is 5.75 Å². The number of allylic oxidation sites excluding steroid dienone is 3. The van der Waals surface area contributed by atoms with Crippen LogP contribution in [-0.4, -0.2) is 12.9 Å². The van der Waals surface area contributed by atoms with Crippen molar-refractivity contribution < 1.29 is 9.53 Å². The van der Waals surface area contributed by atoms with Crippen molar-refractivity contribution in [2.24, 2.45) is 0 Å². The molecule has 2 heteroatoms. The molecule has 0 N–H and O–H groups in total. The van der Waals surface area contributed by atoms with Gasteiger partial charge in [-0.2, -0.15) is 0 Å². The predicted molar refractivity (Wildman–Crippen MR) is 71.1 cm³/mol. The summed E-state index contributed by atoms with van der Waals surface area (Å²) in [7, 11) is 1.65. The summed E-state index contributed by atoms with van der Waals surface area (Å²) in [4.78, 5) is 10.9. The highest BCUT2D eigenvalue weighted by molar-refractivity contribution is 5.87. The number of carbonyl (C=O) groups excluding carboxylic acids is 1. The van der Waals surface area contributed by atoms with E-state index in [-0.39, 0.29) is 5.78 Å². The van der Waals surface area contributed by atoms with Crippen molar-refractivity contribution in [2.75, 3.05) is 7.11 Å². The molecule has 0 heterocycles. The number of carbonyl (C=O) groups is 1. The van der Waals surface area contributed by atoms with Crippen LogP contribution < -0.4 is 4.74 Å². The molecule has 1 aromatic rings. The van der Waals surface area contributed by atoms with Gasteiger partial charge in [0.05, 0.1) is 7.11 Å². The van der Waals surface area contributed by atoms with E-state index in [0.717, 1.165) is 23.3 Å². The smallest absolute Gasteiger partial charge is 0.152 e. The van der Waals surface area contributed by atoms with Gasteiger partial charge in [-0.25, -0.2) is 0 Å². The summed E-state index contributed by atoms with van der Waals surface area (Å²) in [5.74, 6) is 0.915. The van der Waals surface area contributed by atoms with Crippen molar-refractivity contribution in [1.82, 2.24) is 0 Å². The van der Waals surface area contributed by atoms with Crippen molar-refractivity contribution in [3.05, 3.63) is 47.6 Å². The Morgan fingerprint density at radius 3 is 2.35 bits per heavy atom. The minimum atomic E-state index is 0.0686. The van der Waals surface area contributed by atoms with Gasteiger partial charge in [0, 0.05) is 0 Å². The Hall–Kier alpha value is -1.83. The molecule has 0 bridgehead atoms. The average Bonchev–Trinajstić information content (AvgIpc) is 2.35. The van der Waals surface area contributed by atoms with Crippen LogP contribution in [0.5, 0.6) is 5.75 Å². The molecule has 0 fully saturated rings. The van der Waals surface area contributed by atoms with Gasteiger partial charge < -0.3 is 4.74 Å². The number of ether oxygens (including phenoxy) is 1. The van der Waals surface area contributed by atoms with Crippen molar-refractivity contribution in [3.63, 3.8) is 0 Å². The fourth-order valence-electron chi connectivity index (χ4n) is 1.41. The second kappa shape index (κ2) is 6.69. The Bertz CT molecular complexity index is 425. The zero-order valence-electron chi connectivity index (χ0n) is 10.6. The van der Waals surface area contributed by atoms with Gasteiger partial charge in [0.2, 0.25) is 0 Å². The third-order valence-electron chi connectivity index (χ3n) is 2.41. The van der Waals surface area contributed by atoms with Crippen molar-refractivity contribution in [3.8, 4) is 5.75 Å². The minimum Gasteiger partial charge on any atom is -0.497 e. The third kappa shape index (κ3) is 4.68. The molecule has 1 rings (SSSR count). The Morgan fingerprint density at radius 1 is 1.24 bits per heavy atom. The van der Waals surface area contributed by atoms with E-state index in [1.807, 2.05) is 30.3 Å². The van der Waals surface area contributed by atoms with E-state index in [9.17, 15) is 4.79 Å². The fourth-order valence-corrected chi connectivity index (χ4v) is 1.41. The molecule has 0 aromatic heterocycles. The zero-order valence-corrected chi connectivity index (χ0v) is 10.6. The van der Waals surface area contributed by atoms with Crippen LogP contribution in [0.3, 0.4) is 0 Å². The zero-order chi connectivity index (χ0) is 12.7. The van der Waals surface area contributed by atoms with E-state index in [4.69, 9.17) is 4.74 Å². The molecule has 0 aliphatic carbocycles. The number of rotatable bonds is 5. The van der Waals surface area contributed by atoms with Gasteiger partial charge in [-0.05, 0) is 42.7 Å². The molecule has 17 heavy (non-hydrogen) atoms. The Balaban J connectivity index is 2.86. The molecule has 2 nitrogen and oxygen atoms in total. The van der Waals surface area contributed by atoms with Crippen LogP contribution in [0.25, 0.3) is 6.08 Å². The first kappa shape index (κ1) is 13.2. The van der Waals surface area contributed by atoms with E-state index < -0.39 is 0 Å². The van der Waals surface area contributed by atoms with Crippen molar-refractivity contribution >= 4 is 11.9 Å². The lowest BCUT2D eigenvalue weighted by Gasteiger charge is -2.01. The molecule has 0 aliphatic heterocycles. The first-order valence-electron chi connectivity index (χ1n) is 5.69. The van der Waals surface area contributed by atoms with Crippen LogP contribution in [0, 0.1) is 0 Å². The fraction of sp³-hybridized carbons (Fsp3) is 0.267. The molecule has 0 saturated heterocycles. The summed E-state index contributed by atoms with van der Waals surface area (Å²) >= 11 is 0. The molecule has 1 aromatic carbocycles. The molecule has 0 spiro atoms. The Labute approximate surface area is 103 Å². The number of methoxy groups -OCH3 is 1. The maximum Gasteiger partial charge on any atom is 0.152 e. The molecule has 0 radical (unpaired) electrons. The quantitative estimate of drug-likeness (QED) is 0.570. The molecule has 0 saturated carbocycles. The largest absolute Gasteiger partial charge is 0.497 e. The van der Waals surface area contributed by atoms with E-state index in [2.05, 4.69) is 13.0 Å². The van der Waals surface area contributed by atoms with E-state index in [1.165, 1.54) is 0 Å². The van der Waals surface area contributed by atoms with E-state index in [1.54, 1.807) is 20.1 Å². The average molecular weight is 230 g/mol. The Morgan fingerprint density at radius 2 is 1.88 bits per heavy atom. The molecule has 0 unspecified atom stereocenters. The molecular weight excluding hydrogens is 212 g/mol. The van der Waals surface area contributed by atoms with Crippen LogP contribution in [0.15, 0.2) is 42.0 Å². The lowest BCUT2D eigenvalue weighted by Crippen LogP contribution is -1.84. The van der Waals surface area contributed by atoms with Crippen LogP contribution in [-0.2, 0) is 4.79 Å². The SMILES string of the molecule is CCC(/C=C/C(C)=O)=C\c1ccc(OC)cc1. The van der Waals surface area contributed by atoms with E-state index in [0.29, 0.717) is 0 Å². The summed E-state index contributed by atoms with van der Waals surface area (Å²) in [6.07, 6.45) is 6.43. The van der Waals surface area contributed by atoms with Gasteiger partial charge in [-0.3, -0.25) is 4.79 Å². The molecule has 90 valence electrons.